The minimum atomic E-state index is -0.594. The van der Waals surface area contributed by atoms with Gasteiger partial charge in [-0.1, -0.05) is 18.2 Å². The number of hydrogen-bond donors (Lipinski definition) is 0. The van der Waals surface area contributed by atoms with Gasteiger partial charge in [-0.2, -0.15) is 0 Å². The first-order valence-corrected chi connectivity index (χ1v) is 4.25. The highest BCUT2D eigenvalue weighted by Crippen LogP contribution is 2.15. The number of hydrogen-bond acceptors (Lipinski definition) is 3. The smallest absolute Gasteiger partial charge is 0.351 e. The molecule has 0 bridgehead atoms. The standard InChI is InChI=1S/C8H11ClO3/c1-6(9)8(10)12-7-4-2-3-5-11-7/h7H,1-5H2. The molecule has 1 aliphatic rings. The lowest BCUT2D eigenvalue weighted by molar-refractivity contribution is -0.181. The molecule has 0 aliphatic carbocycles. The van der Waals surface area contributed by atoms with Crippen LogP contribution in [0.3, 0.4) is 0 Å². The first kappa shape index (κ1) is 9.55. The number of rotatable bonds is 2. The molecule has 0 saturated carbocycles. The number of esters is 1. The summed E-state index contributed by atoms with van der Waals surface area (Å²) in [5.74, 6) is -0.594. The summed E-state index contributed by atoms with van der Waals surface area (Å²) < 4.78 is 10.0. The van der Waals surface area contributed by atoms with Crippen LogP contribution in [0.2, 0.25) is 0 Å². The predicted molar refractivity (Wildman–Crippen MR) is 44.7 cm³/mol. The Balaban J connectivity index is 2.29. The molecule has 1 unspecified atom stereocenters. The summed E-state index contributed by atoms with van der Waals surface area (Å²) in [5.41, 5.74) is 0. The third kappa shape index (κ3) is 2.83. The lowest BCUT2D eigenvalue weighted by atomic mass is 10.2. The molecule has 1 atom stereocenters. The minimum absolute atomic E-state index is 0.107. The summed E-state index contributed by atoms with van der Waals surface area (Å²) >= 11 is 5.32. The zero-order valence-electron chi connectivity index (χ0n) is 6.72. The van der Waals surface area contributed by atoms with Crippen LogP contribution < -0.4 is 0 Å². The molecule has 3 nitrogen and oxygen atoms in total. The lowest BCUT2D eigenvalue weighted by Crippen LogP contribution is -2.25. The first-order valence-electron chi connectivity index (χ1n) is 3.87. The molecule has 68 valence electrons. The maximum atomic E-state index is 10.9. The van der Waals surface area contributed by atoms with Gasteiger partial charge in [0, 0.05) is 6.42 Å². The molecule has 0 radical (unpaired) electrons. The summed E-state index contributed by atoms with van der Waals surface area (Å²) in [5, 5.41) is -0.107. The van der Waals surface area contributed by atoms with E-state index in [0.29, 0.717) is 6.61 Å². The van der Waals surface area contributed by atoms with Crippen molar-refractivity contribution in [3.63, 3.8) is 0 Å². The van der Waals surface area contributed by atoms with E-state index in [4.69, 9.17) is 21.1 Å². The van der Waals surface area contributed by atoms with Gasteiger partial charge in [-0.3, -0.25) is 0 Å². The molecule has 1 heterocycles. The normalized spacial score (nSPS) is 23.2. The largest absolute Gasteiger partial charge is 0.432 e. The van der Waals surface area contributed by atoms with E-state index < -0.39 is 12.3 Å². The molecule has 1 aliphatic heterocycles. The fourth-order valence-corrected chi connectivity index (χ4v) is 1.03. The van der Waals surface area contributed by atoms with Gasteiger partial charge in [0.05, 0.1) is 6.61 Å². The van der Waals surface area contributed by atoms with Crippen LogP contribution in [0, 0.1) is 0 Å². The summed E-state index contributed by atoms with van der Waals surface area (Å²) in [7, 11) is 0. The molecule has 0 aromatic carbocycles. The van der Waals surface area contributed by atoms with Crippen LogP contribution >= 0.6 is 11.6 Å². The average molecular weight is 191 g/mol. The van der Waals surface area contributed by atoms with Crippen LogP contribution in [0.5, 0.6) is 0 Å². The second-order valence-corrected chi connectivity index (χ2v) is 3.06. The van der Waals surface area contributed by atoms with Gasteiger partial charge in [0.2, 0.25) is 6.29 Å². The Morgan fingerprint density at radius 1 is 1.58 bits per heavy atom. The Morgan fingerprint density at radius 2 is 2.33 bits per heavy atom. The second-order valence-electron chi connectivity index (χ2n) is 2.61. The summed E-state index contributed by atoms with van der Waals surface area (Å²) in [6, 6.07) is 0. The van der Waals surface area contributed by atoms with Gasteiger partial charge >= 0.3 is 5.97 Å². The lowest BCUT2D eigenvalue weighted by Gasteiger charge is -2.21. The quantitative estimate of drug-likeness (QED) is 0.492. The maximum Gasteiger partial charge on any atom is 0.351 e. The number of ether oxygens (including phenoxy) is 2. The highest BCUT2D eigenvalue weighted by atomic mass is 35.5. The topological polar surface area (TPSA) is 35.5 Å². The predicted octanol–water partition coefficient (Wildman–Crippen LogP) is 1.81. The molecular formula is C8H11ClO3. The van der Waals surface area contributed by atoms with Crippen molar-refractivity contribution >= 4 is 17.6 Å². The van der Waals surface area contributed by atoms with Crippen molar-refractivity contribution in [3.8, 4) is 0 Å². The second kappa shape index (κ2) is 4.48. The van der Waals surface area contributed by atoms with Crippen LogP contribution in [0.25, 0.3) is 0 Å². The fourth-order valence-electron chi connectivity index (χ4n) is 0.987. The first-order chi connectivity index (χ1) is 5.70. The van der Waals surface area contributed by atoms with Gasteiger partial charge in [0.15, 0.2) is 0 Å². The van der Waals surface area contributed by atoms with Gasteiger partial charge in [0.25, 0.3) is 0 Å². The Hall–Kier alpha value is -0.540. The summed E-state index contributed by atoms with van der Waals surface area (Å²) in [4.78, 5) is 10.9. The van der Waals surface area contributed by atoms with Crippen molar-refractivity contribution in [1.82, 2.24) is 0 Å². The molecule has 0 N–H and O–H groups in total. The van der Waals surface area contributed by atoms with Crippen molar-refractivity contribution in [2.75, 3.05) is 6.61 Å². The van der Waals surface area contributed by atoms with E-state index in [2.05, 4.69) is 6.58 Å². The number of carbonyl (C=O) groups excluding carboxylic acids is 1. The van der Waals surface area contributed by atoms with Crippen molar-refractivity contribution in [2.24, 2.45) is 0 Å². The fraction of sp³-hybridized carbons (Fsp3) is 0.625. The van der Waals surface area contributed by atoms with Crippen molar-refractivity contribution in [3.05, 3.63) is 11.6 Å². The molecule has 0 amide bonds. The SMILES string of the molecule is C=C(Cl)C(=O)OC1CCCCO1. The van der Waals surface area contributed by atoms with Crippen molar-refractivity contribution in [2.45, 2.75) is 25.6 Å². The zero-order valence-corrected chi connectivity index (χ0v) is 7.47. The van der Waals surface area contributed by atoms with Crippen LogP contribution in [0.4, 0.5) is 0 Å². The van der Waals surface area contributed by atoms with Gasteiger partial charge in [0.1, 0.15) is 5.03 Å². The van der Waals surface area contributed by atoms with Crippen LogP contribution in [-0.4, -0.2) is 18.9 Å². The number of carbonyl (C=O) groups is 1. The number of halogens is 1. The van der Waals surface area contributed by atoms with Crippen molar-refractivity contribution in [1.29, 1.82) is 0 Å². The maximum absolute atomic E-state index is 10.9. The van der Waals surface area contributed by atoms with Crippen LogP contribution in [0.1, 0.15) is 19.3 Å². The van der Waals surface area contributed by atoms with E-state index >= 15 is 0 Å². The Morgan fingerprint density at radius 3 is 2.83 bits per heavy atom. The van der Waals surface area contributed by atoms with E-state index in [1.54, 1.807) is 0 Å². The van der Waals surface area contributed by atoms with Crippen molar-refractivity contribution < 1.29 is 14.3 Å². The van der Waals surface area contributed by atoms with Crippen LogP contribution in [-0.2, 0) is 14.3 Å². The Labute approximate surface area is 76.3 Å². The minimum Gasteiger partial charge on any atom is -0.432 e. The third-order valence-corrected chi connectivity index (χ3v) is 1.75. The van der Waals surface area contributed by atoms with Gasteiger partial charge in [-0.05, 0) is 12.8 Å². The molecule has 12 heavy (non-hydrogen) atoms. The summed E-state index contributed by atoms with van der Waals surface area (Å²) in [6.45, 7) is 3.90. The van der Waals surface area contributed by atoms with Gasteiger partial charge in [-0.25, -0.2) is 4.79 Å². The zero-order chi connectivity index (χ0) is 8.97. The highest BCUT2D eigenvalue weighted by molar-refractivity contribution is 6.40. The molecule has 4 heteroatoms. The van der Waals surface area contributed by atoms with E-state index in [1.165, 1.54) is 0 Å². The monoisotopic (exact) mass is 190 g/mol. The Kier molecular flexibility index (Phi) is 3.56. The van der Waals surface area contributed by atoms with E-state index in [1.807, 2.05) is 0 Å². The molecule has 1 fully saturated rings. The van der Waals surface area contributed by atoms with Gasteiger partial charge in [-0.15, -0.1) is 0 Å². The van der Waals surface area contributed by atoms with E-state index in [0.717, 1.165) is 19.3 Å². The summed E-state index contributed by atoms with van der Waals surface area (Å²) in [6.07, 6.45) is 2.36. The Bertz CT molecular complexity index is 185. The third-order valence-electron chi connectivity index (χ3n) is 1.60. The molecule has 1 rings (SSSR count). The van der Waals surface area contributed by atoms with Crippen LogP contribution in [0.15, 0.2) is 11.6 Å². The molecular weight excluding hydrogens is 180 g/mol. The average Bonchev–Trinajstić information content (AvgIpc) is 2.06. The van der Waals surface area contributed by atoms with Gasteiger partial charge < -0.3 is 9.47 Å². The highest BCUT2D eigenvalue weighted by Gasteiger charge is 2.18. The molecule has 0 aromatic rings. The molecule has 1 saturated heterocycles. The molecule has 0 spiro atoms. The molecule has 0 aromatic heterocycles. The van der Waals surface area contributed by atoms with E-state index in [9.17, 15) is 4.79 Å². The van der Waals surface area contributed by atoms with E-state index in [-0.39, 0.29) is 5.03 Å².